The lowest BCUT2D eigenvalue weighted by molar-refractivity contribution is -0.128. The van der Waals surface area contributed by atoms with Crippen LogP contribution in [-0.4, -0.2) is 23.3 Å². The summed E-state index contributed by atoms with van der Waals surface area (Å²) in [6.45, 7) is 5.55. The molecule has 5 nitrogen and oxygen atoms in total. The van der Waals surface area contributed by atoms with Gasteiger partial charge in [-0.25, -0.2) is 5.43 Å². The topological polar surface area (TPSA) is 70.9 Å². The number of hydrogen-bond acceptors (Lipinski definition) is 4. The minimum Gasteiger partial charge on any atom is -0.507 e. The lowest BCUT2D eigenvalue weighted by atomic mass is 10.1. The van der Waals surface area contributed by atoms with E-state index in [0.29, 0.717) is 24.2 Å². The Labute approximate surface area is 184 Å². The quantitative estimate of drug-likeness (QED) is 0.267. The van der Waals surface area contributed by atoms with Crippen LogP contribution in [0.25, 0.3) is 10.8 Å². The number of halogens is 1. The van der Waals surface area contributed by atoms with Crippen molar-refractivity contribution < 1.29 is 14.6 Å². The van der Waals surface area contributed by atoms with Crippen LogP contribution in [0.1, 0.15) is 24.5 Å². The molecule has 30 heavy (non-hydrogen) atoms. The van der Waals surface area contributed by atoms with E-state index in [9.17, 15) is 9.90 Å². The van der Waals surface area contributed by atoms with Crippen molar-refractivity contribution in [1.29, 1.82) is 0 Å². The second-order valence-corrected chi connectivity index (χ2v) is 7.49. The maximum absolute atomic E-state index is 12.6. The number of rotatable bonds is 8. The molecule has 0 saturated carbocycles. The summed E-state index contributed by atoms with van der Waals surface area (Å²) >= 11 is 3.58. The number of carbonyl (C=O) groups is 1. The summed E-state index contributed by atoms with van der Waals surface area (Å²) in [4.78, 5) is 12.6. The third-order valence-electron chi connectivity index (χ3n) is 4.65. The average molecular weight is 467 g/mol. The molecule has 0 aliphatic rings. The molecule has 3 rings (SSSR count). The molecule has 1 amide bonds. The summed E-state index contributed by atoms with van der Waals surface area (Å²) in [7, 11) is 0. The molecule has 0 aliphatic carbocycles. The summed E-state index contributed by atoms with van der Waals surface area (Å²) in [6.07, 6.45) is 3.44. The number of hydrogen-bond donors (Lipinski definition) is 2. The van der Waals surface area contributed by atoms with Gasteiger partial charge >= 0.3 is 0 Å². The Bertz CT molecular complexity index is 1100. The fourth-order valence-electron chi connectivity index (χ4n) is 3.05. The molecule has 3 aromatic carbocycles. The lowest BCUT2D eigenvalue weighted by Crippen LogP contribution is -2.35. The number of phenols is 1. The van der Waals surface area contributed by atoms with Gasteiger partial charge in [-0.1, -0.05) is 55.5 Å². The number of nitrogens with one attached hydrogen (secondary N) is 1. The highest BCUT2D eigenvalue weighted by Crippen LogP contribution is 2.33. The van der Waals surface area contributed by atoms with E-state index in [1.54, 1.807) is 12.1 Å². The van der Waals surface area contributed by atoms with Crippen LogP contribution in [-0.2, 0) is 11.2 Å². The third-order valence-corrected chi connectivity index (χ3v) is 5.47. The highest BCUT2D eigenvalue weighted by molar-refractivity contribution is 9.10. The molecule has 0 saturated heterocycles. The molecule has 1 atom stereocenters. The number of carbonyl (C=O) groups excluding carboxylic acids is 1. The van der Waals surface area contributed by atoms with Crippen molar-refractivity contribution in [3.63, 3.8) is 0 Å². The largest absolute Gasteiger partial charge is 0.507 e. The Morgan fingerprint density at radius 1 is 1.23 bits per heavy atom. The van der Waals surface area contributed by atoms with Gasteiger partial charge in [-0.15, -0.1) is 6.58 Å². The average Bonchev–Trinajstić information content (AvgIpc) is 2.76. The van der Waals surface area contributed by atoms with Gasteiger partial charge in [0.25, 0.3) is 5.91 Å². The molecule has 0 heterocycles. The molecule has 0 aliphatic heterocycles. The second-order valence-electron chi connectivity index (χ2n) is 6.70. The van der Waals surface area contributed by atoms with Crippen molar-refractivity contribution >= 4 is 38.8 Å². The third kappa shape index (κ3) is 4.89. The number of para-hydroxylation sites is 1. The van der Waals surface area contributed by atoms with Gasteiger partial charge in [0.15, 0.2) is 6.10 Å². The summed E-state index contributed by atoms with van der Waals surface area (Å²) < 4.78 is 6.75. The lowest BCUT2D eigenvalue weighted by Gasteiger charge is -2.17. The van der Waals surface area contributed by atoms with Crippen molar-refractivity contribution in [2.45, 2.75) is 25.9 Å². The van der Waals surface area contributed by atoms with Gasteiger partial charge < -0.3 is 9.84 Å². The van der Waals surface area contributed by atoms with E-state index in [1.807, 2.05) is 55.5 Å². The van der Waals surface area contributed by atoms with E-state index >= 15 is 0 Å². The highest BCUT2D eigenvalue weighted by Gasteiger charge is 2.19. The summed E-state index contributed by atoms with van der Waals surface area (Å²) in [5.74, 6) is 0.351. The van der Waals surface area contributed by atoms with E-state index in [4.69, 9.17) is 4.74 Å². The molecular weight excluding hydrogens is 444 g/mol. The zero-order chi connectivity index (χ0) is 21.5. The number of hydrazone groups is 1. The summed E-state index contributed by atoms with van der Waals surface area (Å²) in [5.41, 5.74) is 3.76. The smallest absolute Gasteiger partial charge is 0.281 e. The van der Waals surface area contributed by atoms with Crippen molar-refractivity contribution in [2.75, 3.05) is 0 Å². The normalized spacial score (nSPS) is 12.1. The molecule has 6 heteroatoms. The molecule has 0 radical (unpaired) electrons. The number of allylic oxidation sites excluding steroid dienone is 1. The van der Waals surface area contributed by atoms with Gasteiger partial charge in [-0.2, -0.15) is 5.10 Å². The van der Waals surface area contributed by atoms with Crippen LogP contribution in [0.2, 0.25) is 0 Å². The molecule has 0 fully saturated rings. The summed E-state index contributed by atoms with van der Waals surface area (Å²) in [5, 5.41) is 16.3. The molecule has 2 N–H and O–H groups in total. The predicted molar refractivity (Wildman–Crippen MR) is 124 cm³/mol. The molecule has 154 valence electrons. The van der Waals surface area contributed by atoms with Gasteiger partial charge in [-0.3, -0.25) is 4.79 Å². The summed E-state index contributed by atoms with van der Waals surface area (Å²) in [6, 6.07) is 17.1. The van der Waals surface area contributed by atoms with Gasteiger partial charge in [0.1, 0.15) is 11.5 Å². The standard InChI is InChI=1S/C24H23BrN2O3/c1-3-8-17-10-7-11-18(23(17)28)15-26-27-24(29)20(4-2)30-21-14-13-16-9-5-6-12-19(16)22(21)25/h3,5-7,9-15,20,28H,1,4,8H2,2H3,(H,27,29)/b26-15+. The minimum atomic E-state index is -0.708. The Morgan fingerprint density at radius 3 is 2.80 bits per heavy atom. The first-order valence-electron chi connectivity index (χ1n) is 9.63. The van der Waals surface area contributed by atoms with Gasteiger partial charge in [-0.05, 0) is 57.2 Å². The molecular formula is C24H23BrN2O3. The molecule has 3 aromatic rings. The zero-order valence-corrected chi connectivity index (χ0v) is 18.2. The van der Waals surface area contributed by atoms with Gasteiger partial charge in [0, 0.05) is 5.56 Å². The van der Waals surface area contributed by atoms with E-state index in [1.165, 1.54) is 6.21 Å². The molecule has 0 bridgehead atoms. The van der Waals surface area contributed by atoms with E-state index < -0.39 is 6.10 Å². The second kappa shape index (κ2) is 10.1. The molecule has 1 unspecified atom stereocenters. The van der Waals surface area contributed by atoms with Crippen LogP contribution >= 0.6 is 15.9 Å². The number of nitrogens with zero attached hydrogens (tertiary/aromatic N) is 1. The maximum Gasteiger partial charge on any atom is 0.281 e. The van der Waals surface area contributed by atoms with Crippen molar-refractivity contribution in [1.82, 2.24) is 5.43 Å². The van der Waals surface area contributed by atoms with Crippen LogP contribution in [0.4, 0.5) is 0 Å². The zero-order valence-electron chi connectivity index (χ0n) is 16.6. The van der Waals surface area contributed by atoms with Crippen LogP contribution in [0.15, 0.2) is 76.8 Å². The molecule has 0 spiro atoms. The SMILES string of the molecule is C=CCc1cccc(/C=N/NC(=O)C(CC)Oc2ccc3ccccc3c2Br)c1O. The van der Waals surface area contributed by atoms with E-state index in [0.717, 1.165) is 20.8 Å². The fraction of sp³-hybridized carbons (Fsp3) is 0.167. The van der Waals surface area contributed by atoms with E-state index in [2.05, 4.69) is 33.0 Å². The van der Waals surface area contributed by atoms with Crippen LogP contribution < -0.4 is 10.2 Å². The van der Waals surface area contributed by atoms with E-state index in [-0.39, 0.29) is 11.7 Å². The van der Waals surface area contributed by atoms with Crippen LogP contribution in [0.5, 0.6) is 11.5 Å². The Kier molecular flexibility index (Phi) is 7.25. The Morgan fingerprint density at radius 2 is 2.03 bits per heavy atom. The van der Waals surface area contributed by atoms with Gasteiger partial charge in [0.2, 0.25) is 0 Å². The predicted octanol–water partition coefficient (Wildman–Crippen LogP) is 5.34. The fourth-order valence-corrected chi connectivity index (χ4v) is 3.64. The number of phenolic OH excluding ortho intramolecular Hbond substituents is 1. The Hall–Kier alpha value is -3.12. The van der Waals surface area contributed by atoms with Crippen molar-refractivity contribution in [3.8, 4) is 11.5 Å². The number of ether oxygens (including phenoxy) is 1. The monoisotopic (exact) mass is 466 g/mol. The van der Waals surface area contributed by atoms with Crippen molar-refractivity contribution in [3.05, 3.63) is 82.9 Å². The first kappa shape index (κ1) is 21.6. The number of fused-ring (bicyclic) bond motifs is 1. The van der Waals surface area contributed by atoms with Crippen LogP contribution in [0.3, 0.4) is 0 Å². The highest BCUT2D eigenvalue weighted by atomic mass is 79.9. The van der Waals surface area contributed by atoms with Crippen molar-refractivity contribution in [2.24, 2.45) is 5.10 Å². The number of amides is 1. The number of aromatic hydroxyl groups is 1. The first-order valence-corrected chi connectivity index (χ1v) is 10.4. The van der Waals surface area contributed by atoms with Crippen LogP contribution in [0, 0.1) is 0 Å². The molecule has 0 aromatic heterocycles. The first-order chi connectivity index (χ1) is 14.5. The van der Waals surface area contributed by atoms with Gasteiger partial charge in [0.05, 0.1) is 10.7 Å². The maximum atomic E-state index is 12.6. The Balaban J connectivity index is 1.70. The minimum absolute atomic E-state index is 0.124. The number of benzene rings is 3.